The van der Waals surface area contributed by atoms with Crippen molar-refractivity contribution in [2.45, 2.75) is 60.5 Å². The van der Waals surface area contributed by atoms with Gasteiger partial charge in [-0.05, 0) is 49.9 Å². The number of nitrogens with zero attached hydrogens (tertiary/aromatic N) is 2. The summed E-state index contributed by atoms with van der Waals surface area (Å²) in [6.45, 7) is -1.12. The van der Waals surface area contributed by atoms with E-state index in [2.05, 4.69) is 15.6 Å². The third-order valence-corrected chi connectivity index (χ3v) is 7.06. The molecule has 1 fully saturated rings. The van der Waals surface area contributed by atoms with Crippen molar-refractivity contribution in [2.24, 2.45) is 16.5 Å². The molecule has 1 saturated carbocycles. The maximum atomic E-state index is 12.7. The van der Waals surface area contributed by atoms with Crippen LogP contribution in [0.4, 0.5) is 27.6 Å². The van der Waals surface area contributed by atoms with E-state index in [1.165, 1.54) is 6.20 Å². The zero-order valence-electron chi connectivity index (χ0n) is 18.9. The van der Waals surface area contributed by atoms with E-state index >= 15 is 0 Å². The number of hydrogen-bond acceptors (Lipinski definition) is 7. The molecule has 0 unspecified atom stereocenters. The van der Waals surface area contributed by atoms with Crippen LogP contribution in [0.5, 0.6) is 0 Å². The second-order valence-electron chi connectivity index (χ2n) is 8.25. The number of hydrogen-bond donors (Lipinski definition) is 4. The Morgan fingerprint density at radius 2 is 1.81 bits per heavy atom. The minimum absolute atomic E-state index is 0.00134. The highest BCUT2D eigenvalue weighted by Crippen LogP contribution is 2.32. The number of benzene rings is 1. The minimum atomic E-state index is -4.80. The van der Waals surface area contributed by atoms with Gasteiger partial charge in [-0.2, -0.15) is 27.2 Å². The smallest absolute Gasteiger partial charge is 0.384 e. The molecule has 36 heavy (non-hydrogen) atoms. The van der Waals surface area contributed by atoms with Gasteiger partial charge in [-0.15, -0.1) is 0 Å². The average molecular weight is 537 g/mol. The first-order chi connectivity index (χ1) is 16.7. The van der Waals surface area contributed by atoms with Gasteiger partial charge in [-0.1, -0.05) is 0 Å². The van der Waals surface area contributed by atoms with Gasteiger partial charge in [0.05, 0.1) is 35.2 Å². The number of aliphatic imine (C=N–C) groups is 1. The Morgan fingerprint density at radius 1 is 1.22 bits per heavy atom. The highest BCUT2D eigenvalue weighted by Gasteiger charge is 2.36. The van der Waals surface area contributed by atoms with Crippen LogP contribution in [0.25, 0.3) is 0 Å². The maximum Gasteiger partial charge on any atom is 0.401 e. The lowest BCUT2D eigenvalue weighted by Gasteiger charge is -2.39. The number of nitrogens with one attached hydrogen (secondary N) is 2. The maximum absolute atomic E-state index is 12.7. The summed E-state index contributed by atoms with van der Waals surface area (Å²) >= 11 is 0. The first-order valence-corrected chi connectivity index (χ1v) is 12.2. The van der Waals surface area contributed by atoms with E-state index in [9.17, 15) is 40.4 Å². The third-order valence-electron chi connectivity index (χ3n) is 5.66. The standard InChI is InChI=1S/C21H25F5N6O3S/c22-19(23)36(34,35)15-3-1-14(2-4-15)32-17(28)16(18(29)33)11-31-20(9-10-27)7-5-13(6-8-20)30-12-21(24,25)26/h1-4,11,13,19,30-31H,5-9,12H2,(H2,28,32)(H2,29,33)/b16-11+. The predicted molar refractivity (Wildman–Crippen MR) is 121 cm³/mol. The number of nitriles is 1. The Hall–Kier alpha value is -3.25. The fourth-order valence-corrected chi connectivity index (χ4v) is 4.39. The molecule has 1 aliphatic carbocycles. The molecule has 0 saturated heterocycles. The minimum Gasteiger partial charge on any atom is -0.384 e. The van der Waals surface area contributed by atoms with Crippen molar-refractivity contribution in [1.29, 1.82) is 5.26 Å². The Morgan fingerprint density at radius 3 is 2.28 bits per heavy atom. The molecule has 9 nitrogen and oxygen atoms in total. The fraction of sp³-hybridized carbons (Fsp3) is 0.476. The molecule has 0 spiro atoms. The molecule has 0 atom stereocenters. The Kier molecular flexibility index (Phi) is 9.38. The van der Waals surface area contributed by atoms with E-state index in [4.69, 9.17) is 11.5 Å². The van der Waals surface area contributed by atoms with Crippen LogP contribution in [0.3, 0.4) is 0 Å². The first kappa shape index (κ1) is 29.0. The van der Waals surface area contributed by atoms with Crippen LogP contribution in [0.15, 0.2) is 45.9 Å². The number of halogens is 5. The molecular weight excluding hydrogens is 511 g/mol. The summed E-state index contributed by atoms with van der Waals surface area (Å²) in [5.41, 5.74) is 10.2. The summed E-state index contributed by atoms with van der Waals surface area (Å²) in [5.74, 6) is -4.94. The summed E-state index contributed by atoms with van der Waals surface area (Å²) < 4.78 is 85.7. The Labute approximate surface area is 204 Å². The number of nitrogens with two attached hydrogens (primary N) is 2. The highest BCUT2D eigenvalue weighted by atomic mass is 32.2. The largest absolute Gasteiger partial charge is 0.401 e. The number of sulfone groups is 1. The molecule has 0 heterocycles. The average Bonchev–Trinajstić information content (AvgIpc) is 2.78. The Bertz CT molecular complexity index is 1140. The van der Waals surface area contributed by atoms with Gasteiger partial charge in [0.1, 0.15) is 5.84 Å². The molecule has 198 valence electrons. The van der Waals surface area contributed by atoms with Crippen LogP contribution in [-0.2, 0) is 14.6 Å². The molecule has 0 bridgehead atoms. The highest BCUT2D eigenvalue weighted by molar-refractivity contribution is 7.91. The predicted octanol–water partition coefficient (Wildman–Crippen LogP) is 2.38. The van der Waals surface area contributed by atoms with Crippen LogP contribution in [0, 0.1) is 11.3 Å². The fourth-order valence-electron chi connectivity index (χ4n) is 3.67. The van der Waals surface area contributed by atoms with Gasteiger partial charge in [-0.25, -0.2) is 13.4 Å². The third kappa shape index (κ3) is 7.89. The summed E-state index contributed by atoms with van der Waals surface area (Å²) in [7, 11) is -4.80. The van der Waals surface area contributed by atoms with Gasteiger partial charge in [0.2, 0.25) is 9.84 Å². The summed E-state index contributed by atoms with van der Waals surface area (Å²) in [6.07, 6.45) is -1.81. The topological polar surface area (TPSA) is 163 Å². The number of amides is 1. The molecule has 0 radical (unpaired) electrons. The van der Waals surface area contributed by atoms with Crippen molar-refractivity contribution >= 4 is 27.3 Å². The summed E-state index contributed by atoms with van der Waals surface area (Å²) in [6, 6.07) is 5.68. The molecule has 2 rings (SSSR count). The van der Waals surface area contributed by atoms with E-state index in [1.807, 2.05) is 6.07 Å². The number of rotatable bonds is 10. The first-order valence-electron chi connectivity index (χ1n) is 10.6. The lowest BCUT2D eigenvalue weighted by Crippen LogP contribution is -2.50. The van der Waals surface area contributed by atoms with Gasteiger partial charge in [0.25, 0.3) is 5.91 Å². The molecule has 0 aromatic heterocycles. The van der Waals surface area contributed by atoms with Crippen LogP contribution >= 0.6 is 0 Å². The Balaban J connectivity index is 2.18. The molecule has 1 amide bonds. The molecule has 1 aliphatic rings. The molecule has 1 aromatic rings. The quantitative estimate of drug-likeness (QED) is 0.154. The molecule has 15 heteroatoms. The number of carbonyl (C=O) groups excluding carboxylic acids is 1. The van der Waals surface area contributed by atoms with Gasteiger partial charge in [0.15, 0.2) is 0 Å². The zero-order valence-corrected chi connectivity index (χ0v) is 19.7. The van der Waals surface area contributed by atoms with Crippen LogP contribution < -0.4 is 22.1 Å². The number of primary amides is 1. The number of amidine groups is 1. The molecule has 1 aromatic carbocycles. The van der Waals surface area contributed by atoms with Crippen molar-refractivity contribution in [2.75, 3.05) is 6.54 Å². The second-order valence-corrected chi connectivity index (χ2v) is 10.2. The van der Waals surface area contributed by atoms with Crippen LogP contribution in [0.2, 0.25) is 0 Å². The van der Waals surface area contributed by atoms with Crippen molar-refractivity contribution in [1.82, 2.24) is 10.6 Å². The van der Waals surface area contributed by atoms with E-state index < -0.39 is 44.7 Å². The molecule has 6 N–H and O–H groups in total. The normalized spacial score (nSPS) is 21.8. The number of carbonyl (C=O) groups is 1. The van der Waals surface area contributed by atoms with Crippen molar-refractivity contribution in [3.8, 4) is 6.07 Å². The van der Waals surface area contributed by atoms with E-state index in [-0.39, 0.29) is 29.6 Å². The van der Waals surface area contributed by atoms with Gasteiger partial charge >= 0.3 is 11.9 Å². The van der Waals surface area contributed by atoms with Gasteiger partial charge in [-0.3, -0.25) is 4.79 Å². The zero-order chi connectivity index (χ0) is 27.1. The molecule has 0 aliphatic heterocycles. The van der Waals surface area contributed by atoms with E-state index in [0.29, 0.717) is 25.7 Å². The van der Waals surface area contributed by atoms with Crippen molar-refractivity contribution in [3.63, 3.8) is 0 Å². The lowest BCUT2D eigenvalue weighted by molar-refractivity contribution is -0.126. The van der Waals surface area contributed by atoms with Crippen molar-refractivity contribution < 1.29 is 35.2 Å². The van der Waals surface area contributed by atoms with Gasteiger partial charge in [0, 0.05) is 17.8 Å². The second kappa shape index (κ2) is 11.7. The van der Waals surface area contributed by atoms with Crippen LogP contribution in [0.1, 0.15) is 32.1 Å². The summed E-state index contributed by atoms with van der Waals surface area (Å²) in [5, 5.41) is 14.7. The lowest BCUT2D eigenvalue weighted by atomic mass is 9.77. The van der Waals surface area contributed by atoms with Crippen LogP contribution in [-0.4, -0.2) is 50.2 Å². The van der Waals surface area contributed by atoms with E-state index in [1.54, 1.807) is 0 Å². The SMILES string of the molecule is N#CCC1(N/C=C(/C(N)=O)C(N)=Nc2ccc(S(=O)(=O)C(F)F)cc2)CCC(NCC(F)(F)F)CC1. The van der Waals surface area contributed by atoms with Gasteiger partial charge < -0.3 is 22.1 Å². The number of alkyl halides is 5. The molecular formula is C21H25F5N6O3S. The summed E-state index contributed by atoms with van der Waals surface area (Å²) in [4.78, 5) is 15.3. The van der Waals surface area contributed by atoms with Crippen molar-refractivity contribution in [3.05, 3.63) is 36.0 Å². The van der Waals surface area contributed by atoms with E-state index in [0.717, 1.165) is 24.3 Å². The monoisotopic (exact) mass is 536 g/mol.